The van der Waals surface area contributed by atoms with Crippen molar-refractivity contribution < 1.29 is 9.32 Å². The maximum Gasteiger partial charge on any atom is 0.293 e. The van der Waals surface area contributed by atoms with Gasteiger partial charge >= 0.3 is 0 Å². The number of nitrogens with one attached hydrogen (secondary N) is 1. The first kappa shape index (κ1) is 8.64. The summed E-state index contributed by atoms with van der Waals surface area (Å²) in [6, 6.07) is 0. The normalized spacial score (nSPS) is 24.4. The lowest BCUT2D eigenvalue weighted by Crippen LogP contribution is -2.32. The van der Waals surface area contributed by atoms with Crippen LogP contribution in [0.5, 0.6) is 0 Å². The molecule has 0 saturated heterocycles. The summed E-state index contributed by atoms with van der Waals surface area (Å²) in [4.78, 5) is 27.5. The number of fused-ring (bicyclic) bond motifs is 2. The van der Waals surface area contributed by atoms with Gasteiger partial charge in [0.05, 0.1) is 5.92 Å². The van der Waals surface area contributed by atoms with Crippen LogP contribution in [-0.4, -0.2) is 16.7 Å². The third kappa shape index (κ3) is 1.12. The van der Waals surface area contributed by atoms with E-state index in [0.717, 1.165) is 31.4 Å². The average Bonchev–Trinajstić information content (AvgIpc) is 2.61. The van der Waals surface area contributed by atoms with E-state index in [9.17, 15) is 9.59 Å². The van der Waals surface area contributed by atoms with Crippen molar-refractivity contribution in [2.24, 2.45) is 10.9 Å². The van der Waals surface area contributed by atoms with Crippen LogP contribution in [0.4, 0.5) is 5.88 Å². The molecule has 5 heteroatoms. The summed E-state index contributed by atoms with van der Waals surface area (Å²) in [5, 5.41) is 2.16. The van der Waals surface area contributed by atoms with E-state index < -0.39 is 5.56 Å². The molecule has 1 aromatic heterocycles. The van der Waals surface area contributed by atoms with Crippen LogP contribution in [0.2, 0.25) is 0 Å². The summed E-state index contributed by atoms with van der Waals surface area (Å²) >= 11 is 0. The van der Waals surface area contributed by atoms with Crippen molar-refractivity contribution in [1.29, 1.82) is 0 Å². The molecule has 78 valence electrons. The molecule has 1 aliphatic heterocycles. The van der Waals surface area contributed by atoms with Gasteiger partial charge in [0.2, 0.25) is 0 Å². The SMILES string of the molecule is O=C1c2c(o[nH]c2=O)N=C2CCCCC12. The van der Waals surface area contributed by atoms with Gasteiger partial charge in [-0.15, -0.1) is 0 Å². The molecule has 1 atom stereocenters. The minimum atomic E-state index is -0.455. The monoisotopic (exact) mass is 206 g/mol. The molecule has 1 aromatic rings. The van der Waals surface area contributed by atoms with Gasteiger partial charge in [-0.25, -0.2) is 4.99 Å². The van der Waals surface area contributed by atoms with Gasteiger partial charge in [-0.2, -0.15) is 5.16 Å². The minimum Gasteiger partial charge on any atom is -0.358 e. The third-order valence-corrected chi connectivity index (χ3v) is 3.07. The number of H-pyrrole nitrogens is 1. The quantitative estimate of drug-likeness (QED) is 0.697. The fourth-order valence-corrected chi connectivity index (χ4v) is 2.31. The lowest BCUT2D eigenvalue weighted by Gasteiger charge is -2.24. The summed E-state index contributed by atoms with van der Waals surface area (Å²) in [6.07, 6.45) is 3.74. The van der Waals surface area contributed by atoms with E-state index in [1.807, 2.05) is 0 Å². The van der Waals surface area contributed by atoms with Crippen LogP contribution in [0.15, 0.2) is 14.3 Å². The van der Waals surface area contributed by atoms with E-state index in [1.54, 1.807) is 0 Å². The van der Waals surface area contributed by atoms with Gasteiger partial charge in [0.1, 0.15) is 0 Å². The van der Waals surface area contributed by atoms with Gasteiger partial charge in [0, 0.05) is 5.71 Å². The molecule has 15 heavy (non-hydrogen) atoms. The summed E-state index contributed by atoms with van der Waals surface area (Å²) in [6.45, 7) is 0. The maximum atomic E-state index is 12.0. The summed E-state index contributed by atoms with van der Waals surface area (Å²) in [5.41, 5.74) is 0.524. The molecule has 1 N–H and O–H groups in total. The summed E-state index contributed by atoms with van der Waals surface area (Å²) in [7, 11) is 0. The number of rotatable bonds is 0. The Balaban J connectivity index is 2.19. The predicted octanol–water partition coefficient (Wildman–Crippen LogP) is 1.43. The Morgan fingerprint density at radius 3 is 3.07 bits per heavy atom. The molecule has 5 nitrogen and oxygen atoms in total. The molecule has 1 unspecified atom stereocenters. The molecule has 0 radical (unpaired) electrons. The Morgan fingerprint density at radius 1 is 1.33 bits per heavy atom. The smallest absolute Gasteiger partial charge is 0.293 e. The molecule has 1 fully saturated rings. The molecule has 0 spiro atoms. The number of Topliss-reactive ketones (excluding diaryl/α,β-unsaturated/α-hetero) is 1. The van der Waals surface area contributed by atoms with Crippen LogP contribution in [0.25, 0.3) is 0 Å². The maximum absolute atomic E-state index is 12.0. The van der Waals surface area contributed by atoms with Crippen LogP contribution in [-0.2, 0) is 0 Å². The second-order valence-electron chi connectivity index (χ2n) is 3.98. The highest BCUT2D eigenvalue weighted by Gasteiger charge is 2.36. The third-order valence-electron chi connectivity index (χ3n) is 3.07. The van der Waals surface area contributed by atoms with Crippen molar-refractivity contribution in [3.63, 3.8) is 0 Å². The first-order valence-electron chi connectivity index (χ1n) is 5.10. The molecule has 0 aromatic carbocycles. The standard InChI is InChI=1S/C10H10N2O3/c13-8-5-3-1-2-4-6(5)11-10-7(8)9(14)12-15-10/h5H,1-4H2,(H,12,14). The highest BCUT2D eigenvalue weighted by molar-refractivity contribution is 6.17. The zero-order valence-corrected chi connectivity index (χ0v) is 8.08. The lowest BCUT2D eigenvalue weighted by molar-refractivity contribution is 0.0940. The second kappa shape index (κ2) is 2.92. The van der Waals surface area contributed by atoms with Crippen molar-refractivity contribution in [1.82, 2.24) is 5.16 Å². The average molecular weight is 206 g/mol. The van der Waals surface area contributed by atoms with Gasteiger partial charge in [-0.1, -0.05) is 6.42 Å². The number of aromatic amines is 1. The zero-order chi connectivity index (χ0) is 10.4. The Labute approximate surface area is 85.2 Å². The van der Waals surface area contributed by atoms with E-state index in [4.69, 9.17) is 4.52 Å². The first-order chi connectivity index (χ1) is 7.27. The predicted molar refractivity (Wildman–Crippen MR) is 52.7 cm³/mol. The molecule has 2 heterocycles. The van der Waals surface area contributed by atoms with Gasteiger partial charge in [-0.3, -0.25) is 9.59 Å². The first-order valence-corrected chi connectivity index (χ1v) is 5.10. The van der Waals surface area contributed by atoms with Crippen LogP contribution in [0.3, 0.4) is 0 Å². The number of hydrogen-bond acceptors (Lipinski definition) is 4. The highest BCUT2D eigenvalue weighted by Crippen LogP contribution is 2.33. The molecule has 1 aliphatic carbocycles. The Bertz CT molecular complexity index is 509. The Kier molecular flexibility index (Phi) is 1.68. The van der Waals surface area contributed by atoms with Crippen LogP contribution < -0.4 is 5.56 Å². The number of carbonyl (C=O) groups excluding carboxylic acids is 1. The van der Waals surface area contributed by atoms with E-state index >= 15 is 0 Å². The number of aromatic nitrogens is 1. The number of carbonyl (C=O) groups is 1. The molecule has 3 rings (SSSR count). The van der Waals surface area contributed by atoms with Crippen LogP contribution >= 0.6 is 0 Å². The fourth-order valence-electron chi connectivity index (χ4n) is 2.31. The van der Waals surface area contributed by atoms with Gasteiger partial charge in [0.25, 0.3) is 11.4 Å². The molecular weight excluding hydrogens is 196 g/mol. The number of nitrogens with zero attached hydrogens (tertiary/aromatic N) is 1. The molecule has 0 bridgehead atoms. The van der Waals surface area contributed by atoms with Crippen LogP contribution in [0, 0.1) is 5.92 Å². The van der Waals surface area contributed by atoms with Crippen molar-refractivity contribution in [2.45, 2.75) is 25.7 Å². The largest absolute Gasteiger partial charge is 0.358 e. The van der Waals surface area contributed by atoms with E-state index in [1.165, 1.54) is 0 Å². The van der Waals surface area contributed by atoms with Crippen molar-refractivity contribution in [3.05, 3.63) is 15.9 Å². The van der Waals surface area contributed by atoms with E-state index in [0.29, 0.717) is 0 Å². The van der Waals surface area contributed by atoms with E-state index in [2.05, 4.69) is 10.1 Å². The topological polar surface area (TPSA) is 75.4 Å². The van der Waals surface area contributed by atoms with Crippen molar-refractivity contribution in [2.75, 3.05) is 0 Å². The molecule has 2 aliphatic rings. The zero-order valence-electron chi connectivity index (χ0n) is 8.08. The van der Waals surface area contributed by atoms with Gasteiger partial charge in [-0.05, 0) is 19.3 Å². The summed E-state index contributed by atoms with van der Waals surface area (Å²) < 4.78 is 4.86. The highest BCUT2D eigenvalue weighted by atomic mass is 16.5. The van der Waals surface area contributed by atoms with Gasteiger partial charge < -0.3 is 4.52 Å². The molecule has 0 amide bonds. The van der Waals surface area contributed by atoms with E-state index in [-0.39, 0.29) is 23.1 Å². The van der Waals surface area contributed by atoms with Gasteiger partial charge in [0.15, 0.2) is 11.3 Å². The number of aliphatic imine (C=N–C) groups is 1. The van der Waals surface area contributed by atoms with Crippen molar-refractivity contribution >= 4 is 17.4 Å². The number of hydrogen-bond donors (Lipinski definition) is 1. The number of ketones is 1. The molecule has 1 saturated carbocycles. The van der Waals surface area contributed by atoms with Crippen LogP contribution in [0.1, 0.15) is 36.0 Å². The Hall–Kier alpha value is -1.65. The minimum absolute atomic E-state index is 0.102. The lowest BCUT2D eigenvalue weighted by atomic mass is 9.81. The summed E-state index contributed by atoms with van der Waals surface area (Å²) in [5.74, 6) is -0.132. The molecular formula is C10H10N2O3. The fraction of sp³-hybridized carbons (Fsp3) is 0.500. The Morgan fingerprint density at radius 2 is 2.20 bits per heavy atom. The second-order valence-corrected chi connectivity index (χ2v) is 3.98. The van der Waals surface area contributed by atoms with Crippen molar-refractivity contribution in [3.8, 4) is 0 Å².